The van der Waals surface area contributed by atoms with Gasteiger partial charge >= 0.3 is 0 Å². The van der Waals surface area contributed by atoms with Crippen LogP contribution in [-0.2, 0) is 4.74 Å². The Morgan fingerprint density at radius 3 is 2.32 bits per heavy atom. The minimum absolute atomic E-state index is 0.572. The van der Waals surface area contributed by atoms with Crippen LogP contribution in [0, 0.1) is 29.6 Å². The Morgan fingerprint density at radius 1 is 0.920 bits per heavy atom. The lowest BCUT2D eigenvalue weighted by atomic mass is 9.71. The fourth-order valence-electron chi connectivity index (χ4n) is 5.32. The minimum atomic E-state index is 0.572. The number of ether oxygens (including phenoxy) is 1. The van der Waals surface area contributed by atoms with Crippen molar-refractivity contribution in [2.24, 2.45) is 29.6 Å². The van der Waals surface area contributed by atoms with Crippen molar-refractivity contribution in [3.8, 4) is 0 Å². The standard InChI is InChI=1S/C24H40O/c1-3-4-5-20-8-12-22(13-9-20)23-14-10-21(11-15-23)18-25-24-16-6-19(2)7-17-24/h3,8,12,19-24H,1,4-7,9-11,13-18H2,2H3. The van der Waals surface area contributed by atoms with E-state index in [0.717, 1.165) is 36.2 Å². The normalized spacial score (nSPS) is 39.2. The first-order valence-corrected chi connectivity index (χ1v) is 11.2. The molecule has 0 aromatic heterocycles. The quantitative estimate of drug-likeness (QED) is 0.455. The Labute approximate surface area is 156 Å². The van der Waals surface area contributed by atoms with E-state index in [-0.39, 0.29) is 0 Å². The average Bonchev–Trinajstić information content (AvgIpc) is 2.67. The van der Waals surface area contributed by atoms with E-state index in [1.165, 1.54) is 77.0 Å². The van der Waals surface area contributed by atoms with Crippen LogP contribution in [0.4, 0.5) is 0 Å². The average molecular weight is 345 g/mol. The second kappa shape index (κ2) is 9.95. The molecule has 0 spiro atoms. The molecule has 0 heterocycles. The van der Waals surface area contributed by atoms with Crippen LogP contribution in [0.2, 0.25) is 0 Å². The summed E-state index contributed by atoms with van der Waals surface area (Å²) < 4.78 is 6.28. The van der Waals surface area contributed by atoms with Gasteiger partial charge in [-0.1, -0.05) is 25.2 Å². The molecule has 0 aromatic rings. The van der Waals surface area contributed by atoms with E-state index >= 15 is 0 Å². The van der Waals surface area contributed by atoms with E-state index < -0.39 is 0 Å². The molecule has 1 heteroatoms. The van der Waals surface area contributed by atoms with Crippen molar-refractivity contribution in [3.63, 3.8) is 0 Å². The molecule has 0 N–H and O–H groups in total. The highest BCUT2D eigenvalue weighted by Gasteiger charge is 2.29. The smallest absolute Gasteiger partial charge is 0.0575 e. The van der Waals surface area contributed by atoms with E-state index in [0.29, 0.717) is 6.10 Å². The first-order chi connectivity index (χ1) is 12.2. The summed E-state index contributed by atoms with van der Waals surface area (Å²) in [5, 5.41) is 0. The summed E-state index contributed by atoms with van der Waals surface area (Å²) in [4.78, 5) is 0. The van der Waals surface area contributed by atoms with Crippen molar-refractivity contribution in [2.75, 3.05) is 6.61 Å². The second-order valence-electron chi connectivity index (χ2n) is 9.25. The molecule has 2 atom stereocenters. The summed E-state index contributed by atoms with van der Waals surface area (Å²) in [6.07, 6.45) is 24.0. The monoisotopic (exact) mass is 344 g/mol. The molecule has 2 unspecified atom stereocenters. The van der Waals surface area contributed by atoms with Gasteiger partial charge in [0.2, 0.25) is 0 Å². The third-order valence-corrected chi connectivity index (χ3v) is 7.27. The Balaban J connectivity index is 1.33. The second-order valence-corrected chi connectivity index (χ2v) is 9.25. The van der Waals surface area contributed by atoms with E-state index in [1.54, 1.807) is 0 Å². The molecule has 25 heavy (non-hydrogen) atoms. The van der Waals surface area contributed by atoms with Crippen molar-refractivity contribution in [3.05, 3.63) is 24.8 Å². The van der Waals surface area contributed by atoms with Gasteiger partial charge in [0.05, 0.1) is 6.10 Å². The van der Waals surface area contributed by atoms with Crippen molar-refractivity contribution in [1.82, 2.24) is 0 Å². The molecular weight excluding hydrogens is 304 g/mol. The zero-order valence-corrected chi connectivity index (χ0v) is 16.5. The SMILES string of the molecule is C=CCCC1C=CC(C2CCC(COC3CCC(C)CC3)CC2)CC1. The summed E-state index contributed by atoms with van der Waals surface area (Å²) in [5.74, 6) is 4.39. The van der Waals surface area contributed by atoms with E-state index in [1.807, 2.05) is 0 Å². The van der Waals surface area contributed by atoms with Gasteiger partial charge in [-0.15, -0.1) is 6.58 Å². The molecule has 0 radical (unpaired) electrons. The van der Waals surface area contributed by atoms with Gasteiger partial charge in [0.15, 0.2) is 0 Å². The molecule has 2 fully saturated rings. The lowest BCUT2D eigenvalue weighted by Gasteiger charge is -2.35. The Kier molecular flexibility index (Phi) is 7.65. The van der Waals surface area contributed by atoms with Gasteiger partial charge in [0, 0.05) is 6.61 Å². The molecule has 0 bridgehead atoms. The fraction of sp³-hybridized carbons (Fsp3) is 0.833. The van der Waals surface area contributed by atoms with E-state index in [2.05, 4.69) is 31.7 Å². The maximum Gasteiger partial charge on any atom is 0.0575 e. The number of hydrogen-bond acceptors (Lipinski definition) is 1. The summed E-state index contributed by atoms with van der Waals surface area (Å²) in [5.41, 5.74) is 0. The highest BCUT2D eigenvalue weighted by atomic mass is 16.5. The van der Waals surface area contributed by atoms with E-state index in [4.69, 9.17) is 4.74 Å². The summed E-state index contributed by atoms with van der Waals surface area (Å²) >= 11 is 0. The Morgan fingerprint density at radius 2 is 1.68 bits per heavy atom. The molecule has 142 valence electrons. The number of rotatable bonds is 7. The third kappa shape index (κ3) is 5.98. The maximum absolute atomic E-state index is 6.28. The lowest BCUT2D eigenvalue weighted by molar-refractivity contribution is -0.00958. The van der Waals surface area contributed by atoms with Gasteiger partial charge in [-0.25, -0.2) is 0 Å². The zero-order chi connectivity index (χ0) is 17.5. The highest BCUT2D eigenvalue weighted by Crippen LogP contribution is 2.39. The zero-order valence-electron chi connectivity index (χ0n) is 16.5. The van der Waals surface area contributed by atoms with Crippen LogP contribution in [0.3, 0.4) is 0 Å². The van der Waals surface area contributed by atoms with Gasteiger partial charge in [-0.2, -0.15) is 0 Å². The number of hydrogen-bond donors (Lipinski definition) is 0. The van der Waals surface area contributed by atoms with Crippen LogP contribution in [0.15, 0.2) is 24.8 Å². The van der Waals surface area contributed by atoms with Crippen LogP contribution in [0.25, 0.3) is 0 Å². The molecular formula is C24H40O. The number of allylic oxidation sites excluding steroid dienone is 3. The molecule has 0 aromatic carbocycles. The predicted molar refractivity (Wildman–Crippen MR) is 108 cm³/mol. The first-order valence-electron chi connectivity index (χ1n) is 11.2. The van der Waals surface area contributed by atoms with Crippen LogP contribution < -0.4 is 0 Å². The largest absolute Gasteiger partial charge is 0.378 e. The lowest BCUT2D eigenvalue weighted by Crippen LogP contribution is -2.27. The Hall–Kier alpha value is -0.560. The highest BCUT2D eigenvalue weighted by molar-refractivity contribution is 5.01. The molecule has 1 nitrogen and oxygen atoms in total. The molecule has 0 saturated heterocycles. The van der Waals surface area contributed by atoms with Crippen molar-refractivity contribution in [2.45, 2.75) is 90.1 Å². The fourth-order valence-corrected chi connectivity index (χ4v) is 5.32. The first kappa shape index (κ1) is 19.2. The summed E-state index contributed by atoms with van der Waals surface area (Å²) in [6.45, 7) is 7.28. The van der Waals surface area contributed by atoms with Crippen LogP contribution >= 0.6 is 0 Å². The van der Waals surface area contributed by atoms with Crippen LogP contribution in [0.1, 0.15) is 84.0 Å². The van der Waals surface area contributed by atoms with Crippen molar-refractivity contribution >= 4 is 0 Å². The summed E-state index contributed by atoms with van der Waals surface area (Å²) in [7, 11) is 0. The van der Waals surface area contributed by atoms with Crippen LogP contribution in [-0.4, -0.2) is 12.7 Å². The molecule has 2 saturated carbocycles. The molecule has 3 aliphatic carbocycles. The molecule has 3 aliphatic rings. The molecule has 3 rings (SSSR count). The molecule has 0 amide bonds. The Bertz CT molecular complexity index is 410. The van der Waals surface area contributed by atoms with Gasteiger partial charge < -0.3 is 4.74 Å². The van der Waals surface area contributed by atoms with Crippen molar-refractivity contribution < 1.29 is 4.74 Å². The topological polar surface area (TPSA) is 9.23 Å². The third-order valence-electron chi connectivity index (χ3n) is 7.27. The van der Waals surface area contributed by atoms with Gasteiger partial charge in [-0.05, 0) is 107 Å². The van der Waals surface area contributed by atoms with E-state index in [9.17, 15) is 0 Å². The van der Waals surface area contributed by atoms with Gasteiger partial charge in [-0.3, -0.25) is 0 Å². The maximum atomic E-state index is 6.28. The molecule has 0 aliphatic heterocycles. The minimum Gasteiger partial charge on any atom is -0.378 e. The van der Waals surface area contributed by atoms with Crippen molar-refractivity contribution in [1.29, 1.82) is 0 Å². The van der Waals surface area contributed by atoms with Gasteiger partial charge in [0.25, 0.3) is 0 Å². The van der Waals surface area contributed by atoms with Gasteiger partial charge in [0.1, 0.15) is 0 Å². The van der Waals surface area contributed by atoms with Crippen LogP contribution in [0.5, 0.6) is 0 Å². The summed E-state index contributed by atoms with van der Waals surface area (Å²) in [6, 6.07) is 0. The predicted octanol–water partition coefficient (Wildman–Crippen LogP) is 6.94.